The molecule has 0 spiro atoms. The molecule has 1 amide bonds. The maximum atomic E-state index is 12.5. The third-order valence-electron chi connectivity index (χ3n) is 4.19. The van der Waals surface area contributed by atoms with Crippen LogP contribution >= 0.6 is 11.6 Å². The van der Waals surface area contributed by atoms with Gasteiger partial charge in [0.1, 0.15) is 0 Å². The highest BCUT2D eigenvalue weighted by molar-refractivity contribution is 6.17. The molecule has 20 heavy (non-hydrogen) atoms. The molecule has 1 aromatic rings. The van der Waals surface area contributed by atoms with E-state index < -0.39 is 0 Å². The topological polar surface area (TPSA) is 20.3 Å². The summed E-state index contributed by atoms with van der Waals surface area (Å²) < 4.78 is 0. The van der Waals surface area contributed by atoms with Crippen molar-refractivity contribution in [3.05, 3.63) is 35.4 Å². The monoisotopic (exact) mass is 293 g/mol. The van der Waals surface area contributed by atoms with Crippen LogP contribution in [0.5, 0.6) is 0 Å². The Balaban J connectivity index is 1.97. The smallest absolute Gasteiger partial charge is 0.253 e. The second-order valence-electron chi connectivity index (χ2n) is 5.71. The van der Waals surface area contributed by atoms with Gasteiger partial charge < -0.3 is 4.90 Å². The Hall–Kier alpha value is -1.02. The maximum Gasteiger partial charge on any atom is 0.253 e. The summed E-state index contributed by atoms with van der Waals surface area (Å²) in [7, 11) is 0. The fourth-order valence-corrected chi connectivity index (χ4v) is 3.16. The van der Waals surface area contributed by atoms with Crippen LogP contribution in [-0.4, -0.2) is 23.9 Å². The summed E-state index contributed by atoms with van der Waals surface area (Å²) in [5.74, 6) is 1.47. The van der Waals surface area contributed by atoms with Crippen LogP contribution in [0.2, 0.25) is 0 Å². The second kappa shape index (κ2) is 7.68. The van der Waals surface area contributed by atoms with Crippen molar-refractivity contribution < 1.29 is 4.79 Å². The summed E-state index contributed by atoms with van der Waals surface area (Å²) in [4.78, 5) is 14.5. The molecular weight excluding hydrogens is 270 g/mol. The first-order chi connectivity index (χ1) is 9.74. The highest BCUT2D eigenvalue weighted by atomic mass is 35.5. The van der Waals surface area contributed by atoms with E-state index in [2.05, 4.69) is 6.92 Å². The van der Waals surface area contributed by atoms with E-state index in [1.165, 1.54) is 19.3 Å². The average Bonchev–Trinajstić information content (AvgIpc) is 2.73. The van der Waals surface area contributed by atoms with Gasteiger partial charge in [-0.15, -0.1) is 11.6 Å². The van der Waals surface area contributed by atoms with Gasteiger partial charge in [-0.1, -0.05) is 31.9 Å². The van der Waals surface area contributed by atoms with Crippen LogP contribution in [0.1, 0.15) is 54.9 Å². The van der Waals surface area contributed by atoms with Gasteiger partial charge in [0.15, 0.2) is 0 Å². The zero-order valence-electron chi connectivity index (χ0n) is 12.3. The van der Waals surface area contributed by atoms with E-state index >= 15 is 0 Å². The van der Waals surface area contributed by atoms with Crippen LogP contribution in [0.25, 0.3) is 0 Å². The van der Waals surface area contributed by atoms with Gasteiger partial charge >= 0.3 is 0 Å². The Morgan fingerprint density at radius 2 is 2.00 bits per heavy atom. The first kappa shape index (κ1) is 15.4. The van der Waals surface area contributed by atoms with E-state index in [4.69, 9.17) is 11.6 Å². The number of nitrogens with zero attached hydrogens (tertiary/aromatic N) is 1. The highest BCUT2D eigenvalue weighted by Gasteiger charge is 2.21. The van der Waals surface area contributed by atoms with Gasteiger partial charge in [-0.25, -0.2) is 0 Å². The number of rotatable bonds is 4. The fourth-order valence-electron chi connectivity index (χ4n) is 2.98. The van der Waals surface area contributed by atoms with Crippen LogP contribution in [0, 0.1) is 5.92 Å². The molecule has 1 atom stereocenters. The third-order valence-corrected chi connectivity index (χ3v) is 4.50. The molecule has 0 radical (unpaired) electrons. The van der Waals surface area contributed by atoms with Gasteiger partial charge in [0, 0.05) is 24.5 Å². The maximum absolute atomic E-state index is 12.5. The van der Waals surface area contributed by atoms with Crippen molar-refractivity contribution >= 4 is 17.5 Å². The number of carbonyl (C=O) groups excluding carboxylic acids is 1. The Morgan fingerprint density at radius 3 is 2.65 bits per heavy atom. The number of hydrogen-bond donors (Lipinski definition) is 0. The van der Waals surface area contributed by atoms with Crippen molar-refractivity contribution in [1.82, 2.24) is 4.90 Å². The minimum Gasteiger partial charge on any atom is -0.339 e. The molecular formula is C17H24ClNO. The van der Waals surface area contributed by atoms with Gasteiger partial charge in [0.05, 0.1) is 0 Å². The minimum absolute atomic E-state index is 0.170. The van der Waals surface area contributed by atoms with Crippen molar-refractivity contribution in [2.45, 2.75) is 44.9 Å². The van der Waals surface area contributed by atoms with E-state index in [0.29, 0.717) is 5.88 Å². The van der Waals surface area contributed by atoms with Crippen LogP contribution in [-0.2, 0) is 5.88 Å². The predicted octanol–water partition coefficient (Wildman–Crippen LogP) is 4.47. The van der Waals surface area contributed by atoms with Crippen LogP contribution in [0.3, 0.4) is 0 Å². The Morgan fingerprint density at radius 1 is 1.25 bits per heavy atom. The quantitative estimate of drug-likeness (QED) is 0.750. The van der Waals surface area contributed by atoms with Crippen LogP contribution in [0.4, 0.5) is 0 Å². The van der Waals surface area contributed by atoms with Gasteiger partial charge in [0.25, 0.3) is 5.91 Å². The van der Waals surface area contributed by atoms with Crippen molar-refractivity contribution in [3.8, 4) is 0 Å². The largest absolute Gasteiger partial charge is 0.339 e. The van der Waals surface area contributed by atoms with Crippen molar-refractivity contribution in [2.24, 2.45) is 5.92 Å². The Bertz CT molecular complexity index is 429. The highest BCUT2D eigenvalue weighted by Crippen LogP contribution is 2.23. The molecule has 110 valence electrons. The lowest BCUT2D eigenvalue weighted by Gasteiger charge is -2.21. The first-order valence-electron chi connectivity index (χ1n) is 7.68. The molecule has 1 unspecified atom stereocenters. The summed E-state index contributed by atoms with van der Waals surface area (Å²) in [6.45, 7) is 4.04. The van der Waals surface area contributed by atoms with E-state index in [9.17, 15) is 4.79 Å². The summed E-state index contributed by atoms with van der Waals surface area (Å²) >= 11 is 5.78. The van der Waals surface area contributed by atoms with Gasteiger partial charge in [0.2, 0.25) is 0 Å². The van der Waals surface area contributed by atoms with E-state index in [0.717, 1.165) is 43.0 Å². The SMILES string of the molecule is CCCC1CCCN(C(=O)c2ccc(CCl)cc2)CC1. The lowest BCUT2D eigenvalue weighted by molar-refractivity contribution is 0.0760. The van der Waals surface area contributed by atoms with Crippen molar-refractivity contribution in [2.75, 3.05) is 13.1 Å². The fraction of sp³-hybridized carbons (Fsp3) is 0.588. The lowest BCUT2D eigenvalue weighted by Crippen LogP contribution is -2.32. The van der Waals surface area contributed by atoms with Crippen molar-refractivity contribution in [1.29, 1.82) is 0 Å². The number of benzene rings is 1. The molecule has 1 aliphatic heterocycles. The molecule has 1 aliphatic rings. The number of likely N-dealkylation sites (tertiary alicyclic amines) is 1. The molecule has 0 aliphatic carbocycles. The number of carbonyl (C=O) groups is 1. The molecule has 1 fully saturated rings. The third kappa shape index (κ3) is 3.99. The van der Waals surface area contributed by atoms with Gasteiger partial charge in [-0.2, -0.15) is 0 Å². The Labute approximate surface area is 127 Å². The second-order valence-corrected chi connectivity index (χ2v) is 5.98. The number of amides is 1. The molecule has 0 bridgehead atoms. The molecule has 2 rings (SSSR count). The first-order valence-corrected chi connectivity index (χ1v) is 8.22. The summed E-state index contributed by atoms with van der Waals surface area (Å²) in [5, 5.41) is 0. The Kier molecular flexibility index (Phi) is 5.90. The number of alkyl halides is 1. The molecule has 1 heterocycles. The molecule has 0 aromatic heterocycles. The lowest BCUT2D eigenvalue weighted by atomic mass is 9.96. The average molecular weight is 294 g/mol. The molecule has 0 saturated carbocycles. The van der Waals surface area contributed by atoms with Crippen LogP contribution < -0.4 is 0 Å². The molecule has 1 saturated heterocycles. The number of halogens is 1. The minimum atomic E-state index is 0.170. The standard InChI is InChI=1S/C17H24ClNO/c1-2-4-14-5-3-11-19(12-10-14)17(20)16-8-6-15(13-18)7-9-16/h6-9,14H,2-5,10-13H2,1H3. The van der Waals surface area contributed by atoms with Crippen molar-refractivity contribution in [3.63, 3.8) is 0 Å². The molecule has 1 aromatic carbocycles. The molecule has 0 N–H and O–H groups in total. The molecule has 3 heteroatoms. The number of hydrogen-bond acceptors (Lipinski definition) is 1. The van der Waals surface area contributed by atoms with Crippen LogP contribution in [0.15, 0.2) is 24.3 Å². The van der Waals surface area contributed by atoms with E-state index in [-0.39, 0.29) is 5.91 Å². The summed E-state index contributed by atoms with van der Waals surface area (Å²) in [5.41, 5.74) is 1.84. The van der Waals surface area contributed by atoms with E-state index in [1.54, 1.807) is 0 Å². The molecule has 2 nitrogen and oxygen atoms in total. The summed E-state index contributed by atoms with van der Waals surface area (Å²) in [6, 6.07) is 7.68. The summed E-state index contributed by atoms with van der Waals surface area (Å²) in [6.07, 6.45) is 6.10. The predicted molar refractivity (Wildman–Crippen MR) is 84.2 cm³/mol. The zero-order chi connectivity index (χ0) is 14.4. The van der Waals surface area contributed by atoms with Gasteiger partial charge in [-0.3, -0.25) is 4.79 Å². The van der Waals surface area contributed by atoms with Gasteiger partial charge in [-0.05, 0) is 42.9 Å². The van der Waals surface area contributed by atoms with E-state index in [1.807, 2.05) is 29.2 Å². The zero-order valence-corrected chi connectivity index (χ0v) is 13.0. The normalized spacial score (nSPS) is 19.7.